The van der Waals surface area contributed by atoms with Crippen molar-refractivity contribution in [1.82, 2.24) is 15.5 Å². The van der Waals surface area contributed by atoms with Crippen LogP contribution in [0.1, 0.15) is 31.7 Å². The van der Waals surface area contributed by atoms with E-state index < -0.39 is 0 Å². The first kappa shape index (κ1) is 18.3. The smallest absolute Gasteiger partial charge is 0.264 e. The largest absolute Gasteiger partial charge is 0.347 e. The first-order valence-electron chi connectivity index (χ1n) is 9.99. The molecular weight excluding hydrogens is 382 g/mol. The summed E-state index contributed by atoms with van der Waals surface area (Å²) in [5.74, 6) is 0.964. The summed E-state index contributed by atoms with van der Waals surface area (Å²) in [4.78, 5) is 26.0. The molecular formula is C22H23N5OS. The van der Waals surface area contributed by atoms with Gasteiger partial charge in [-0.15, -0.1) is 11.3 Å². The van der Waals surface area contributed by atoms with E-state index in [-0.39, 0.29) is 17.9 Å². The molecule has 3 aliphatic rings. The van der Waals surface area contributed by atoms with Crippen molar-refractivity contribution < 1.29 is 4.79 Å². The molecule has 1 aromatic heterocycles. The van der Waals surface area contributed by atoms with Crippen LogP contribution in [0.25, 0.3) is 6.08 Å². The number of nitrogens with one attached hydrogen (secondary N) is 2. The molecule has 1 saturated heterocycles. The molecule has 0 bridgehead atoms. The number of thiophene rings is 1. The molecule has 29 heavy (non-hydrogen) atoms. The molecule has 0 radical (unpaired) electrons. The summed E-state index contributed by atoms with van der Waals surface area (Å²) in [6, 6.07) is 12.3. The molecule has 5 rings (SSSR count). The number of nitrogens with zero attached hydrogens (tertiary/aromatic N) is 3. The third-order valence-electron chi connectivity index (χ3n) is 5.50. The SMILES string of the molecule is O=C(c1cc2c(s1)C=CC1C=NC(=NCc3ccccc3)NC21)N1CCNCC1. The van der Waals surface area contributed by atoms with E-state index in [9.17, 15) is 4.79 Å². The van der Waals surface area contributed by atoms with E-state index in [4.69, 9.17) is 0 Å². The Morgan fingerprint density at radius 3 is 2.90 bits per heavy atom. The van der Waals surface area contributed by atoms with Gasteiger partial charge in [0.2, 0.25) is 5.96 Å². The number of amides is 1. The molecule has 148 valence electrons. The van der Waals surface area contributed by atoms with E-state index in [0.29, 0.717) is 12.5 Å². The number of benzene rings is 1. The van der Waals surface area contributed by atoms with Crippen LogP contribution in [0.3, 0.4) is 0 Å². The first-order valence-corrected chi connectivity index (χ1v) is 10.8. The predicted molar refractivity (Wildman–Crippen MR) is 118 cm³/mol. The van der Waals surface area contributed by atoms with E-state index in [1.807, 2.05) is 29.3 Å². The molecule has 2 aliphatic heterocycles. The van der Waals surface area contributed by atoms with Crippen LogP contribution in [-0.4, -0.2) is 49.2 Å². The Morgan fingerprint density at radius 2 is 2.07 bits per heavy atom. The molecule has 1 amide bonds. The monoisotopic (exact) mass is 405 g/mol. The zero-order chi connectivity index (χ0) is 19.6. The number of piperazine rings is 1. The molecule has 2 atom stereocenters. The number of rotatable bonds is 3. The highest BCUT2D eigenvalue weighted by Gasteiger charge is 2.32. The normalized spacial score (nSPS) is 24.1. The maximum Gasteiger partial charge on any atom is 0.264 e. The van der Waals surface area contributed by atoms with E-state index in [2.05, 4.69) is 51.0 Å². The number of guanidine groups is 1. The van der Waals surface area contributed by atoms with Gasteiger partial charge in [0.05, 0.1) is 17.5 Å². The molecule has 1 aromatic carbocycles. The average Bonchev–Trinajstić information content (AvgIpc) is 3.23. The Bertz CT molecular complexity index is 988. The lowest BCUT2D eigenvalue weighted by atomic mass is 9.88. The van der Waals surface area contributed by atoms with Gasteiger partial charge in [0.15, 0.2) is 0 Å². The number of fused-ring (bicyclic) bond motifs is 3. The lowest BCUT2D eigenvalue weighted by molar-refractivity contribution is 0.0740. The van der Waals surface area contributed by atoms with Crippen molar-refractivity contribution in [2.75, 3.05) is 26.2 Å². The fourth-order valence-corrected chi connectivity index (χ4v) is 5.01. The van der Waals surface area contributed by atoms with Gasteiger partial charge in [-0.2, -0.15) is 0 Å². The van der Waals surface area contributed by atoms with Gasteiger partial charge in [0.1, 0.15) is 0 Å². The Morgan fingerprint density at radius 1 is 1.24 bits per heavy atom. The summed E-state index contributed by atoms with van der Waals surface area (Å²) in [5.41, 5.74) is 2.32. The second-order valence-electron chi connectivity index (χ2n) is 7.43. The third-order valence-corrected chi connectivity index (χ3v) is 6.61. The lowest BCUT2D eigenvalue weighted by Gasteiger charge is -2.30. The molecule has 2 N–H and O–H groups in total. The number of carbonyl (C=O) groups is 1. The fraction of sp³-hybridized carbons (Fsp3) is 0.318. The molecule has 2 unspecified atom stereocenters. The molecule has 1 aliphatic carbocycles. The van der Waals surface area contributed by atoms with Crippen molar-refractivity contribution in [3.63, 3.8) is 0 Å². The predicted octanol–water partition coefficient (Wildman–Crippen LogP) is 2.71. The van der Waals surface area contributed by atoms with Crippen LogP contribution in [0.15, 0.2) is 52.5 Å². The van der Waals surface area contributed by atoms with Crippen molar-refractivity contribution in [3.8, 4) is 0 Å². The number of aliphatic imine (C=N–C) groups is 2. The molecule has 3 heterocycles. The van der Waals surface area contributed by atoms with Gasteiger partial charge in [-0.05, 0) is 23.3 Å². The van der Waals surface area contributed by atoms with Crippen LogP contribution in [-0.2, 0) is 6.54 Å². The van der Waals surface area contributed by atoms with Gasteiger partial charge >= 0.3 is 0 Å². The van der Waals surface area contributed by atoms with E-state index in [0.717, 1.165) is 41.5 Å². The molecule has 0 spiro atoms. The Labute approximate surface area is 174 Å². The lowest BCUT2D eigenvalue weighted by Crippen LogP contribution is -2.46. The van der Waals surface area contributed by atoms with E-state index >= 15 is 0 Å². The number of hydrogen-bond acceptors (Lipinski definition) is 4. The fourth-order valence-electron chi connectivity index (χ4n) is 3.92. The minimum atomic E-state index is 0.0721. The summed E-state index contributed by atoms with van der Waals surface area (Å²) >= 11 is 1.58. The molecule has 7 heteroatoms. The van der Waals surface area contributed by atoms with Gasteiger partial charge < -0.3 is 15.5 Å². The summed E-state index contributed by atoms with van der Waals surface area (Å²) < 4.78 is 0. The standard InChI is InChI=1S/C22H23N5OS/c28-21(27-10-8-23-9-11-27)19-12-17-18(29-19)7-6-16-14-25-22(26-20(16)17)24-13-15-4-2-1-3-5-15/h1-7,12,14,16,20,23H,8-11,13H2,(H,24,26). The maximum absolute atomic E-state index is 12.9. The molecule has 2 aromatic rings. The van der Waals surface area contributed by atoms with Crippen molar-refractivity contribution in [3.05, 3.63) is 63.4 Å². The highest BCUT2D eigenvalue weighted by atomic mass is 32.1. The van der Waals surface area contributed by atoms with Crippen molar-refractivity contribution in [2.45, 2.75) is 12.6 Å². The van der Waals surface area contributed by atoms with Gasteiger partial charge in [0, 0.05) is 43.2 Å². The van der Waals surface area contributed by atoms with Gasteiger partial charge in [-0.1, -0.05) is 36.4 Å². The quantitative estimate of drug-likeness (QED) is 0.825. The summed E-state index contributed by atoms with van der Waals surface area (Å²) in [7, 11) is 0. The Balaban J connectivity index is 1.36. The van der Waals surface area contributed by atoms with Crippen LogP contribution in [0.5, 0.6) is 0 Å². The highest BCUT2D eigenvalue weighted by molar-refractivity contribution is 7.15. The van der Waals surface area contributed by atoms with Crippen LogP contribution >= 0.6 is 11.3 Å². The van der Waals surface area contributed by atoms with Crippen LogP contribution < -0.4 is 10.6 Å². The van der Waals surface area contributed by atoms with Gasteiger partial charge in [0.25, 0.3) is 5.91 Å². The second-order valence-corrected chi connectivity index (χ2v) is 8.52. The zero-order valence-electron chi connectivity index (χ0n) is 16.0. The third kappa shape index (κ3) is 3.75. The molecule has 0 saturated carbocycles. The number of carbonyl (C=O) groups excluding carboxylic acids is 1. The summed E-state index contributed by atoms with van der Waals surface area (Å²) in [5, 5.41) is 6.78. The molecule has 1 fully saturated rings. The van der Waals surface area contributed by atoms with Gasteiger partial charge in [-0.25, -0.2) is 9.98 Å². The zero-order valence-corrected chi connectivity index (χ0v) is 16.9. The van der Waals surface area contributed by atoms with Crippen molar-refractivity contribution >= 4 is 35.5 Å². The minimum absolute atomic E-state index is 0.0721. The topological polar surface area (TPSA) is 69.1 Å². The van der Waals surface area contributed by atoms with Crippen molar-refractivity contribution in [2.24, 2.45) is 15.9 Å². The number of hydrogen-bond donors (Lipinski definition) is 2. The van der Waals surface area contributed by atoms with Crippen LogP contribution in [0, 0.1) is 5.92 Å². The summed E-state index contributed by atoms with van der Waals surface area (Å²) in [6.45, 7) is 3.85. The first-order chi connectivity index (χ1) is 14.3. The average molecular weight is 406 g/mol. The van der Waals surface area contributed by atoms with Crippen molar-refractivity contribution in [1.29, 1.82) is 0 Å². The van der Waals surface area contributed by atoms with E-state index in [1.165, 1.54) is 5.56 Å². The summed E-state index contributed by atoms with van der Waals surface area (Å²) in [6.07, 6.45) is 6.24. The Kier molecular flexibility index (Phi) is 4.99. The second kappa shape index (κ2) is 7.93. The molecule has 6 nitrogen and oxygen atoms in total. The van der Waals surface area contributed by atoms with Gasteiger partial charge in [-0.3, -0.25) is 4.79 Å². The van der Waals surface area contributed by atoms with E-state index in [1.54, 1.807) is 11.3 Å². The van der Waals surface area contributed by atoms with Crippen LogP contribution in [0.4, 0.5) is 0 Å². The maximum atomic E-state index is 12.9. The minimum Gasteiger partial charge on any atom is -0.347 e. The Hall–Kier alpha value is -2.77. The van der Waals surface area contributed by atoms with Crippen LogP contribution in [0.2, 0.25) is 0 Å². The highest BCUT2D eigenvalue weighted by Crippen LogP contribution is 2.38.